The third-order valence-corrected chi connectivity index (χ3v) is 1.76. The Balaban J connectivity index is 2.83. The lowest BCUT2D eigenvalue weighted by atomic mass is 10.1. The van der Waals surface area contributed by atoms with Crippen molar-refractivity contribution in [3.63, 3.8) is 0 Å². The van der Waals surface area contributed by atoms with E-state index in [4.69, 9.17) is 10.5 Å². The Labute approximate surface area is 83.2 Å². The number of hydrogen-bond donors (Lipinski definition) is 1. The van der Waals surface area contributed by atoms with Crippen LogP contribution in [0, 0.1) is 0 Å². The van der Waals surface area contributed by atoms with E-state index in [9.17, 15) is 4.79 Å². The molecule has 0 bridgehead atoms. The van der Waals surface area contributed by atoms with Gasteiger partial charge in [-0.2, -0.15) is 0 Å². The highest BCUT2D eigenvalue weighted by atomic mass is 16.5. The van der Waals surface area contributed by atoms with Crippen molar-refractivity contribution in [1.29, 1.82) is 0 Å². The van der Waals surface area contributed by atoms with Gasteiger partial charge in [0.1, 0.15) is 5.75 Å². The van der Waals surface area contributed by atoms with Crippen LogP contribution in [-0.4, -0.2) is 12.5 Å². The third-order valence-electron chi connectivity index (χ3n) is 1.76. The molecule has 0 aliphatic rings. The van der Waals surface area contributed by atoms with Crippen LogP contribution >= 0.6 is 0 Å². The maximum absolute atomic E-state index is 11.0. The van der Waals surface area contributed by atoms with Gasteiger partial charge in [-0.05, 0) is 24.6 Å². The van der Waals surface area contributed by atoms with E-state index in [-0.39, 0.29) is 0 Å². The molecule has 1 aromatic rings. The van der Waals surface area contributed by atoms with Crippen LogP contribution in [0.25, 0.3) is 0 Å². The van der Waals surface area contributed by atoms with Crippen LogP contribution in [0.2, 0.25) is 0 Å². The molecule has 0 saturated carbocycles. The Morgan fingerprint density at radius 1 is 1.50 bits per heavy atom. The second-order valence-electron chi connectivity index (χ2n) is 2.77. The van der Waals surface area contributed by atoms with Crippen LogP contribution < -0.4 is 10.5 Å². The fraction of sp³-hybridized carbons (Fsp3) is 0.182. The van der Waals surface area contributed by atoms with Gasteiger partial charge in [-0.25, -0.2) is 4.79 Å². The SMILES string of the molecule is C=CC(=O)Oc1ccccc1CCN. The molecule has 0 spiro atoms. The van der Waals surface area contributed by atoms with Gasteiger partial charge in [0, 0.05) is 6.08 Å². The summed E-state index contributed by atoms with van der Waals surface area (Å²) in [6, 6.07) is 7.33. The first-order chi connectivity index (χ1) is 6.77. The average molecular weight is 191 g/mol. The van der Waals surface area contributed by atoms with E-state index >= 15 is 0 Å². The van der Waals surface area contributed by atoms with E-state index in [1.54, 1.807) is 6.07 Å². The monoisotopic (exact) mass is 191 g/mol. The molecule has 0 aliphatic heterocycles. The Kier molecular flexibility index (Phi) is 3.88. The van der Waals surface area contributed by atoms with Gasteiger partial charge >= 0.3 is 5.97 Å². The zero-order valence-electron chi connectivity index (χ0n) is 7.90. The van der Waals surface area contributed by atoms with Crippen molar-refractivity contribution >= 4 is 5.97 Å². The molecule has 1 rings (SSSR count). The first-order valence-corrected chi connectivity index (χ1v) is 4.40. The molecule has 1 aromatic carbocycles. The van der Waals surface area contributed by atoms with E-state index in [2.05, 4.69) is 6.58 Å². The number of esters is 1. The van der Waals surface area contributed by atoms with E-state index in [0.29, 0.717) is 18.7 Å². The summed E-state index contributed by atoms with van der Waals surface area (Å²) in [6.45, 7) is 3.86. The fourth-order valence-corrected chi connectivity index (χ4v) is 1.12. The highest BCUT2D eigenvalue weighted by molar-refractivity contribution is 5.83. The van der Waals surface area contributed by atoms with Crippen molar-refractivity contribution in [2.75, 3.05) is 6.54 Å². The van der Waals surface area contributed by atoms with Gasteiger partial charge in [0.25, 0.3) is 0 Å². The minimum atomic E-state index is -0.450. The van der Waals surface area contributed by atoms with Gasteiger partial charge in [0.05, 0.1) is 0 Å². The molecule has 0 aromatic heterocycles. The first-order valence-electron chi connectivity index (χ1n) is 4.40. The van der Waals surface area contributed by atoms with Gasteiger partial charge in [-0.15, -0.1) is 0 Å². The zero-order valence-corrected chi connectivity index (χ0v) is 7.90. The summed E-state index contributed by atoms with van der Waals surface area (Å²) in [6.07, 6.45) is 1.83. The van der Waals surface area contributed by atoms with Gasteiger partial charge in [-0.3, -0.25) is 0 Å². The van der Waals surface area contributed by atoms with Crippen molar-refractivity contribution in [2.24, 2.45) is 5.73 Å². The molecule has 0 saturated heterocycles. The predicted octanol–water partition coefficient (Wildman–Crippen LogP) is 1.28. The van der Waals surface area contributed by atoms with Crippen molar-refractivity contribution in [1.82, 2.24) is 0 Å². The Hall–Kier alpha value is -1.61. The fourth-order valence-electron chi connectivity index (χ4n) is 1.12. The standard InChI is InChI=1S/C11H13NO2/c1-2-11(13)14-10-6-4-3-5-9(10)7-8-12/h2-6H,1,7-8,12H2. The van der Waals surface area contributed by atoms with Crippen molar-refractivity contribution < 1.29 is 9.53 Å². The molecule has 3 nitrogen and oxygen atoms in total. The van der Waals surface area contributed by atoms with Gasteiger partial charge in [0.15, 0.2) is 0 Å². The molecule has 0 radical (unpaired) electrons. The number of carbonyl (C=O) groups is 1. The maximum atomic E-state index is 11.0. The molecule has 74 valence electrons. The molecular weight excluding hydrogens is 178 g/mol. The van der Waals surface area contributed by atoms with E-state index in [0.717, 1.165) is 11.6 Å². The predicted molar refractivity (Wildman–Crippen MR) is 55.0 cm³/mol. The summed E-state index contributed by atoms with van der Waals surface area (Å²) in [5, 5.41) is 0. The van der Waals surface area contributed by atoms with Gasteiger partial charge in [-0.1, -0.05) is 24.8 Å². The molecule has 2 N–H and O–H groups in total. The van der Waals surface area contributed by atoms with E-state index < -0.39 is 5.97 Å². The molecule has 0 fully saturated rings. The molecular formula is C11H13NO2. The van der Waals surface area contributed by atoms with Crippen LogP contribution in [-0.2, 0) is 11.2 Å². The molecule has 0 atom stereocenters. The average Bonchev–Trinajstić information content (AvgIpc) is 2.21. The quantitative estimate of drug-likeness (QED) is 0.443. The van der Waals surface area contributed by atoms with Crippen molar-refractivity contribution in [3.8, 4) is 5.75 Å². The molecule has 0 unspecified atom stereocenters. The topological polar surface area (TPSA) is 52.3 Å². The molecule has 14 heavy (non-hydrogen) atoms. The van der Waals surface area contributed by atoms with Crippen LogP contribution in [0.15, 0.2) is 36.9 Å². The second kappa shape index (κ2) is 5.19. The smallest absolute Gasteiger partial charge is 0.335 e. The minimum Gasteiger partial charge on any atom is -0.423 e. The summed E-state index contributed by atoms with van der Waals surface area (Å²) < 4.78 is 5.03. The number of ether oxygens (including phenoxy) is 1. The molecule has 0 aliphatic carbocycles. The molecule has 0 amide bonds. The largest absolute Gasteiger partial charge is 0.423 e. The van der Waals surface area contributed by atoms with Crippen molar-refractivity contribution in [2.45, 2.75) is 6.42 Å². The summed E-state index contributed by atoms with van der Waals surface area (Å²) in [7, 11) is 0. The van der Waals surface area contributed by atoms with E-state index in [1.165, 1.54) is 0 Å². The van der Waals surface area contributed by atoms with Crippen LogP contribution in [0.4, 0.5) is 0 Å². The van der Waals surface area contributed by atoms with E-state index in [1.807, 2.05) is 18.2 Å². The summed E-state index contributed by atoms with van der Waals surface area (Å²) in [5.74, 6) is 0.109. The summed E-state index contributed by atoms with van der Waals surface area (Å²) in [4.78, 5) is 11.0. The van der Waals surface area contributed by atoms with Gasteiger partial charge < -0.3 is 10.5 Å². The lowest BCUT2D eigenvalue weighted by molar-refractivity contribution is -0.129. The van der Waals surface area contributed by atoms with Crippen LogP contribution in [0.3, 0.4) is 0 Å². The number of hydrogen-bond acceptors (Lipinski definition) is 3. The third kappa shape index (κ3) is 2.71. The lowest BCUT2D eigenvalue weighted by Crippen LogP contribution is -2.08. The van der Waals surface area contributed by atoms with Crippen LogP contribution in [0.1, 0.15) is 5.56 Å². The normalized spacial score (nSPS) is 9.50. The Bertz CT molecular complexity index is 334. The Morgan fingerprint density at radius 3 is 2.86 bits per heavy atom. The molecule has 0 heterocycles. The van der Waals surface area contributed by atoms with Gasteiger partial charge in [0.2, 0.25) is 0 Å². The molecule has 3 heteroatoms. The summed E-state index contributed by atoms with van der Waals surface area (Å²) in [5.41, 5.74) is 6.37. The number of para-hydroxylation sites is 1. The summed E-state index contributed by atoms with van der Waals surface area (Å²) >= 11 is 0. The number of rotatable bonds is 4. The number of nitrogens with two attached hydrogens (primary N) is 1. The number of carbonyl (C=O) groups excluding carboxylic acids is 1. The second-order valence-corrected chi connectivity index (χ2v) is 2.77. The first kappa shape index (κ1) is 10.5. The Morgan fingerprint density at radius 2 is 2.21 bits per heavy atom. The lowest BCUT2D eigenvalue weighted by Gasteiger charge is -2.06. The highest BCUT2D eigenvalue weighted by Crippen LogP contribution is 2.18. The zero-order chi connectivity index (χ0) is 10.4. The highest BCUT2D eigenvalue weighted by Gasteiger charge is 2.04. The minimum absolute atomic E-state index is 0.450. The van der Waals surface area contributed by atoms with Crippen LogP contribution in [0.5, 0.6) is 5.75 Å². The number of benzene rings is 1. The van der Waals surface area contributed by atoms with Crippen molar-refractivity contribution in [3.05, 3.63) is 42.5 Å². The maximum Gasteiger partial charge on any atom is 0.335 e.